The van der Waals surface area contributed by atoms with Gasteiger partial charge in [0.25, 0.3) is 0 Å². The van der Waals surface area contributed by atoms with E-state index in [0.717, 1.165) is 31.3 Å². The van der Waals surface area contributed by atoms with Crippen LogP contribution in [0.5, 0.6) is 0 Å². The molecule has 1 unspecified atom stereocenters. The normalized spacial score (nSPS) is 18.2. The van der Waals surface area contributed by atoms with Crippen molar-refractivity contribution < 1.29 is 19.1 Å². The predicted molar refractivity (Wildman–Crippen MR) is 133 cm³/mol. The molecule has 188 valence electrons. The number of nitrogens with one attached hydrogen (secondary N) is 1. The predicted octanol–water partition coefficient (Wildman–Crippen LogP) is 3.62. The van der Waals surface area contributed by atoms with E-state index in [-0.39, 0.29) is 42.8 Å². The van der Waals surface area contributed by atoms with Crippen molar-refractivity contribution in [2.24, 2.45) is 11.7 Å². The maximum Gasteiger partial charge on any atom is 0.325 e. The third-order valence-electron chi connectivity index (χ3n) is 6.33. The van der Waals surface area contributed by atoms with Gasteiger partial charge in [-0.25, -0.2) is 4.79 Å². The van der Waals surface area contributed by atoms with Gasteiger partial charge in [-0.1, -0.05) is 37.5 Å². The summed E-state index contributed by atoms with van der Waals surface area (Å²) in [7, 11) is 0. The monoisotopic (exact) mass is 472 g/mol. The summed E-state index contributed by atoms with van der Waals surface area (Å²) in [4.78, 5) is 41.0. The van der Waals surface area contributed by atoms with Gasteiger partial charge in [0.2, 0.25) is 5.91 Å². The van der Waals surface area contributed by atoms with Gasteiger partial charge < -0.3 is 20.7 Å². The van der Waals surface area contributed by atoms with Crippen molar-refractivity contribution in [3.63, 3.8) is 0 Å². The molecule has 0 aromatic rings. The zero-order valence-corrected chi connectivity index (χ0v) is 20.8. The van der Waals surface area contributed by atoms with Gasteiger partial charge in [0.1, 0.15) is 6.54 Å². The standard InChI is InChI=1S/C26H40N4O4/c1-5-21(13-10-14-22(27)19(3)4)30-16-15-29(26(30)33)18-24(31)28-23(17-25(32)34-6-2)20-11-8-7-9-12-20/h5,10,13-14,20,23H,1,6-9,11-12,15-18,27H2,2-4H3,(H,28,31)/b14-10+,21-13+. The number of urea groups is 1. The average molecular weight is 473 g/mol. The molecule has 1 aliphatic carbocycles. The van der Waals surface area contributed by atoms with E-state index >= 15 is 0 Å². The summed E-state index contributed by atoms with van der Waals surface area (Å²) in [6, 6.07) is -0.514. The van der Waals surface area contributed by atoms with E-state index in [9.17, 15) is 14.4 Å². The van der Waals surface area contributed by atoms with Crippen molar-refractivity contribution in [2.45, 2.75) is 65.3 Å². The third kappa shape index (κ3) is 8.08. The van der Waals surface area contributed by atoms with Crippen molar-refractivity contribution >= 4 is 17.9 Å². The van der Waals surface area contributed by atoms with Crippen LogP contribution in [0.15, 0.2) is 47.9 Å². The Morgan fingerprint density at radius 1 is 1.24 bits per heavy atom. The number of rotatable bonds is 11. The second kappa shape index (κ2) is 13.6. The first-order chi connectivity index (χ1) is 16.3. The fraction of sp³-hybridized carbons (Fsp3) is 0.577. The van der Waals surface area contributed by atoms with Crippen LogP contribution in [0, 0.1) is 5.92 Å². The van der Waals surface area contributed by atoms with Gasteiger partial charge in [0.05, 0.1) is 13.0 Å². The molecule has 0 bridgehead atoms. The van der Waals surface area contributed by atoms with Crippen molar-refractivity contribution in [3.05, 3.63) is 47.9 Å². The number of ether oxygens (including phenoxy) is 1. The maximum absolute atomic E-state index is 12.9. The molecule has 2 fully saturated rings. The molecule has 1 aliphatic heterocycles. The zero-order valence-electron chi connectivity index (χ0n) is 20.8. The Bertz CT molecular complexity index is 836. The van der Waals surface area contributed by atoms with Crippen LogP contribution in [0.3, 0.4) is 0 Å². The minimum atomic E-state index is -0.302. The van der Waals surface area contributed by atoms with E-state index in [1.165, 1.54) is 11.3 Å². The maximum atomic E-state index is 12.9. The van der Waals surface area contributed by atoms with Crippen LogP contribution in [0.4, 0.5) is 4.79 Å². The first-order valence-electron chi connectivity index (χ1n) is 12.2. The van der Waals surface area contributed by atoms with Crippen LogP contribution >= 0.6 is 0 Å². The molecular weight excluding hydrogens is 432 g/mol. The second-order valence-corrected chi connectivity index (χ2v) is 9.05. The van der Waals surface area contributed by atoms with Gasteiger partial charge in [-0.2, -0.15) is 0 Å². The summed E-state index contributed by atoms with van der Waals surface area (Å²) in [5.74, 6) is -0.303. The Labute approximate surface area is 203 Å². The highest BCUT2D eigenvalue weighted by molar-refractivity contribution is 5.86. The molecule has 8 nitrogen and oxygen atoms in total. The van der Waals surface area contributed by atoms with Crippen LogP contribution in [0.25, 0.3) is 0 Å². The Morgan fingerprint density at radius 3 is 2.56 bits per heavy atom. The minimum Gasteiger partial charge on any atom is -0.466 e. The number of carbonyl (C=O) groups excluding carboxylic acids is 3. The highest BCUT2D eigenvalue weighted by Gasteiger charge is 2.33. The number of hydrogen-bond donors (Lipinski definition) is 2. The Morgan fingerprint density at radius 2 is 1.94 bits per heavy atom. The Hall–Kier alpha value is -3.03. The van der Waals surface area contributed by atoms with Gasteiger partial charge in [-0.15, -0.1) is 0 Å². The van der Waals surface area contributed by atoms with E-state index in [1.807, 2.05) is 13.8 Å². The third-order valence-corrected chi connectivity index (χ3v) is 6.33. The van der Waals surface area contributed by atoms with Gasteiger partial charge in [-0.3, -0.25) is 14.5 Å². The lowest BCUT2D eigenvalue weighted by atomic mass is 9.82. The Kier molecular flexibility index (Phi) is 10.9. The smallest absolute Gasteiger partial charge is 0.325 e. The first kappa shape index (κ1) is 27.2. The topological polar surface area (TPSA) is 105 Å². The lowest BCUT2D eigenvalue weighted by molar-refractivity contribution is -0.144. The zero-order chi connectivity index (χ0) is 25.1. The molecule has 1 saturated carbocycles. The summed E-state index contributed by atoms with van der Waals surface area (Å²) >= 11 is 0. The van der Waals surface area contributed by atoms with Crippen LogP contribution in [0.1, 0.15) is 59.3 Å². The molecule has 2 aliphatic rings. The molecule has 34 heavy (non-hydrogen) atoms. The molecule has 0 aromatic heterocycles. The first-order valence-corrected chi connectivity index (χ1v) is 12.2. The molecule has 1 heterocycles. The number of nitrogens with two attached hydrogens (primary N) is 1. The van der Waals surface area contributed by atoms with Crippen LogP contribution in [0.2, 0.25) is 0 Å². The Balaban J connectivity index is 2.00. The molecule has 1 atom stereocenters. The SMILES string of the molecule is C=C/C(=C\C=C\C(N)=C(C)C)N1CCN(CC(=O)NC(CC(=O)OCC)C2CCCCC2)C1=O. The molecule has 3 amide bonds. The second-order valence-electron chi connectivity index (χ2n) is 9.05. The van der Waals surface area contributed by atoms with Crippen molar-refractivity contribution in [2.75, 3.05) is 26.2 Å². The summed E-state index contributed by atoms with van der Waals surface area (Å²) < 4.78 is 5.11. The molecule has 0 radical (unpaired) electrons. The number of hydrogen-bond acceptors (Lipinski definition) is 5. The van der Waals surface area contributed by atoms with Crippen molar-refractivity contribution in [1.82, 2.24) is 15.1 Å². The summed E-state index contributed by atoms with van der Waals surface area (Å²) in [6.45, 7) is 10.6. The largest absolute Gasteiger partial charge is 0.466 e. The quantitative estimate of drug-likeness (QED) is 0.353. The van der Waals surface area contributed by atoms with Gasteiger partial charge in [0, 0.05) is 30.5 Å². The van der Waals surface area contributed by atoms with E-state index in [2.05, 4.69) is 11.9 Å². The molecule has 0 aromatic carbocycles. The fourth-order valence-corrected chi connectivity index (χ4v) is 4.35. The number of amides is 3. The van der Waals surface area contributed by atoms with Crippen LogP contribution < -0.4 is 11.1 Å². The van der Waals surface area contributed by atoms with E-state index in [4.69, 9.17) is 10.5 Å². The number of nitrogens with zero attached hydrogens (tertiary/aromatic N) is 2. The molecule has 3 N–H and O–H groups in total. The summed E-state index contributed by atoms with van der Waals surface area (Å²) in [5.41, 5.74) is 8.24. The van der Waals surface area contributed by atoms with Gasteiger partial charge in [-0.05, 0) is 57.8 Å². The highest BCUT2D eigenvalue weighted by Crippen LogP contribution is 2.28. The molecular formula is C26H40N4O4. The molecule has 0 spiro atoms. The molecule has 8 heteroatoms. The van der Waals surface area contributed by atoms with E-state index in [0.29, 0.717) is 31.1 Å². The lowest BCUT2D eigenvalue weighted by Crippen LogP contribution is -2.47. The van der Waals surface area contributed by atoms with E-state index < -0.39 is 0 Å². The highest BCUT2D eigenvalue weighted by atomic mass is 16.5. The summed E-state index contributed by atoms with van der Waals surface area (Å²) in [5, 5.41) is 3.02. The lowest BCUT2D eigenvalue weighted by Gasteiger charge is -2.31. The number of esters is 1. The van der Waals surface area contributed by atoms with Gasteiger partial charge in [0.15, 0.2) is 0 Å². The van der Waals surface area contributed by atoms with Crippen molar-refractivity contribution in [3.8, 4) is 0 Å². The minimum absolute atomic E-state index is 0.0492. The number of allylic oxidation sites excluding steroid dienone is 5. The molecule has 2 rings (SSSR count). The van der Waals surface area contributed by atoms with Crippen LogP contribution in [-0.4, -0.2) is 60.0 Å². The molecule has 1 saturated heterocycles. The van der Waals surface area contributed by atoms with E-state index in [1.54, 1.807) is 36.1 Å². The van der Waals surface area contributed by atoms with Gasteiger partial charge >= 0.3 is 12.0 Å². The number of carbonyl (C=O) groups is 3. The fourth-order valence-electron chi connectivity index (χ4n) is 4.35. The van der Waals surface area contributed by atoms with Crippen LogP contribution in [-0.2, 0) is 14.3 Å². The van der Waals surface area contributed by atoms with Crippen molar-refractivity contribution in [1.29, 1.82) is 0 Å². The summed E-state index contributed by atoms with van der Waals surface area (Å²) in [6.07, 6.45) is 12.5. The average Bonchev–Trinajstić information content (AvgIpc) is 3.16.